The maximum atomic E-state index is 15.1. The van der Waals surface area contributed by atoms with Gasteiger partial charge in [0.15, 0.2) is 0 Å². The van der Waals surface area contributed by atoms with Crippen LogP contribution in [0.2, 0.25) is 0 Å². The first-order valence-corrected chi connectivity index (χ1v) is 16.9. The second-order valence-electron chi connectivity index (χ2n) is 13.3. The fourth-order valence-corrected chi connectivity index (χ4v) is 8.43. The summed E-state index contributed by atoms with van der Waals surface area (Å²) in [5.74, 6) is -2.85. The first kappa shape index (κ1) is 31.2. The minimum Gasteiger partial charge on any atom is -0.394 e. The number of rotatable bonds is 8. The molecule has 5 heterocycles. The molecule has 0 radical (unpaired) electrons. The Morgan fingerprint density at radius 3 is 2.33 bits per heavy atom. The molecule has 4 aliphatic heterocycles. The number of aliphatic hydroxyl groups is 1. The third-order valence-corrected chi connectivity index (χ3v) is 10.7. The molecule has 4 aromatic rings. The Balaban J connectivity index is 1.25. The van der Waals surface area contributed by atoms with Gasteiger partial charge in [0, 0.05) is 18.8 Å². The van der Waals surface area contributed by atoms with Crippen molar-refractivity contribution in [2.24, 2.45) is 11.8 Å². The van der Waals surface area contributed by atoms with Crippen molar-refractivity contribution in [2.75, 3.05) is 24.6 Å². The lowest BCUT2D eigenvalue weighted by Crippen LogP contribution is -2.59. The average Bonchev–Trinajstić information content (AvgIpc) is 3.68. The molecule has 1 N–H and O–H groups in total. The zero-order valence-corrected chi connectivity index (χ0v) is 27.2. The maximum Gasteiger partial charge on any atom is 0.250 e. The second-order valence-corrected chi connectivity index (χ2v) is 13.3. The largest absolute Gasteiger partial charge is 0.394 e. The highest BCUT2D eigenvalue weighted by Gasteiger charge is 2.76. The van der Waals surface area contributed by atoms with Crippen LogP contribution >= 0.6 is 0 Å². The topological polar surface area (TPSA) is 121 Å². The number of carbonyl (C=O) groups excluding carboxylic acids is 3. The smallest absolute Gasteiger partial charge is 0.250 e. The van der Waals surface area contributed by atoms with E-state index < -0.39 is 35.1 Å². The van der Waals surface area contributed by atoms with Gasteiger partial charge in [-0.2, -0.15) is 0 Å². The summed E-state index contributed by atoms with van der Waals surface area (Å²) in [7, 11) is 0. The van der Waals surface area contributed by atoms with Crippen molar-refractivity contribution >= 4 is 34.4 Å². The highest BCUT2D eigenvalue weighted by atomic mass is 16.5. The van der Waals surface area contributed by atoms with Crippen molar-refractivity contribution in [3.8, 4) is 0 Å². The molecule has 1 aromatic heterocycles. The number of hydrogen-bond donors (Lipinski definition) is 1. The molecule has 6 atom stereocenters. The van der Waals surface area contributed by atoms with Crippen LogP contribution in [0.3, 0.4) is 0 Å². The van der Waals surface area contributed by atoms with Crippen LogP contribution in [0.1, 0.15) is 18.9 Å². The minimum atomic E-state index is -1.46. The molecule has 4 aliphatic rings. The molecular formula is C38H38N6O5. The number of para-hydroxylation sites is 2. The van der Waals surface area contributed by atoms with Gasteiger partial charge < -0.3 is 24.5 Å². The number of fused-ring (bicyclic) bond motifs is 3. The average molecular weight is 659 g/mol. The van der Waals surface area contributed by atoms with Crippen LogP contribution < -0.4 is 4.90 Å². The van der Waals surface area contributed by atoms with E-state index in [1.165, 1.54) is 4.90 Å². The van der Waals surface area contributed by atoms with E-state index in [1.807, 2.05) is 116 Å². The summed E-state index contributed by atoms with van der Waals surface area (Å²) in [6.07, 6.45) is 8.31. The van der Waals surface area contributed by atoms with E-state index in [4.69, 9.17) is 4.74 Å². The predicted molar refractivity (Wildman–Crippen MR) is 182 cm³/mol. The van der Waals surface area contributed by atoms with Gasteiger partial charge in [0.25, 0.3) is 5.91 Å². The predicted octanol–water partition coefficient (Wildman–Crippen LogP) is 3.35. The third-order valence-electron chi connectivity index (χ3n) is 10.7. The Hall–Kier alpha value is -5.13. The Morgan fingerprint density at radius 2 is 1.57 bits per heavy atom. The van der Waals surface area contributed by atoms with E-state index in [2.05, 4.69) is 10.3 Å². The van der Waals surface area contributed by atoms with Gasteiger partial charge in [-0.3, -0.25) is 14.4 Å². The summed E-state index contributed by atoms with van der Waals surface area (Å²) < 4.78 is 8.82. The molecule has 250 valence electrons. The number of aromatic nitrogens is 3. The van der Waals surface area contributed by atoms with Gasteiger partial charge in [-0.15, -0.1) is 5.10 Å². The Labute approximate surface area is 284 Å². The number of benzene rings is 3. The standard InChI is InChI=1S/C38H38N6O5/c1-2-37-19-11-22-42(27-15-7-4-8-16-27)34(46)31(37)32-35(47)44(28(24-45)23-26-13-5-3-6-14-26)33-36(48)41(21-12-20-38(32,33)49-37)25-43-30-18-10-9-17-29(30)39-40-43/h3-20,28,31-33,45H,2,21-25H2,1H3/t28-,31+,32+,33?,37-,38+/m1/s1. The molecule has 0 aliphatic carbocycles. The molecule has 2 fully saturated rings. The van der Waals surface area contributed by atoms with Crippen LogP contribution in [0, 0.1) is 11.8 Å². The number of carbonyl (C=O) groups is 3. The lowest BCUT2D eigenvalue weighted by molar-refractivity contribution is -0.156. The van der Waals surface area contributed by atoms with E-state index in [1.54, 1.807) is 14.5 Å². The summed E-state index contributed by atoms with van der Waals surface area (Å²) in [5, 5.41) is 19.5. The number of anilines is 1. The van der Waals surface area contributed by atoms with Crippen molar-refractivity contribution < 1.29 is 24.2 Å². The van der Waals surface area contributed by atoms with Crippen LogP contribution in [0.15, 0.2) is 109 Å². The lowest BCUT2D eigenvalue weighted by Gasteiger charge is -2.40. The van der Waals surface area contributed by atoms with Gasteiger partial charge in [0.2, 0.25) is 11.8 Å². The fourth-order valence-electron chi connectivity index (χ4n) is 8.43. The molecule has 8 rings (SSSR count). The highest BCUT2D eigenvalue weighted by Crippen LogP contribution is 2.59. The third kappa shape index (κ3) is 4.82. The van der Waals surface area contributed by atoms with Crippen LogP contribution in [0.25, 0.3) is 11.0 Å². The SMILES string of the molecule is CC[C@@]12C=CCN(c3ccccc3)C(=O)[C@@H]1[C@H]1C(=O)N([C@@H](CO)Cc3ccccc3)C3C(=O)N(Cn4nnc5ccccc54)CC=C[C@@]31O2. The van der Waals surface area contributed by atoms with Crippen molar-refractivity contribution in [3.05, 3.63) is 115 Å². The van der Waals surface area contributed by atoms with Crippen molar-refractivity contribution in [1.82, 2.24) is 24.8 Å². The van der Waals surface area contributed by atoms with Crippen LogP contribution in [0.5, 0.6) is 0 Å². The second kappa shape index (κ2) is 12.1. The normalized spacial score (nSPS) is 28.4. The molecule has 1 spiro atoms. The number of ether oxygens (including phenoxy) is 1. The molecule has 11 nitrogen and oxygen atoms in total. The molecule has 49 heavy (non-hydrogen) atoms. The van der Waals surface area contributed by atoms with Gasteiger partial charge in [0.05, 0.1) is 35.6 Å². The maximum absolute atomic E-state index is 15.1. The quantitative estimate of drug-likeness (QED) is 0.289. The van der Waals surface area contributed by atoms with Crippen molar-refractivity contribution in [1.29, 1.82) is 0 Å². The molecule has 0 bridgehead atoms. The van der Waals surface area contributed by atoms with Crippen LogP contribution in [-0.4, -0.2) is 90.6 Å². The van der Waals surface area contributed by atoms with E-state index in [9.17, 15) is 9.90 Å². The summed E-state index contributed by atoms with van der Waals surface area (Å²) in [4.78, 5) is 49.8. The van der Waals surface area contributed by atoms with Crippen molar-refractivity contribution in [3.63, 3.8) is 0 Å². The Morgan fingerprint density at radius 1 is 0.857 bits per heavy atom. The molecule has 1 unspecified atom stereocenters. The molecule has 3 aromatic carbocycles. The van der Waals surface area contributed by atoms with Crippen LogP contribution in [0.4, 0.5) is 5.69 Å². The molecule has 0 saturated carbocycles. The zero-order valence-electron chi connectivity index (χ0n) is 27.2. The number of nitrogens with zero attached hydrogens (tertiary/aromatic N) is 6. The number of likely N-dealkylation sites (tertiary alicyclic amines) is 1. The monoisotopic (exact) mass is 658 g/mol. The molecule has 11 heteroatoms. The first-order chi connectivity index (χ1) is 23.9. The molecular weight excluding hydrogens is 620 g/mol. The first-order valence-electron chi connectivity index (χ1n) is 16.9. The van der Waals surface area contributed by atoms with E-state index in [0.29, 0.717) is 24.9 Å². The molecule has 3 amide bonds. The van der Waals surface area contributed by atoms with E-state index in [0.717, 1.165) is 16.8 Å². The van der Waals surface area contributed by atoms with Gasteiger partial charge in [-0.25, -0.2) is 4.68 Å². The van der Waals surface area contributed by atoms with Gasteiger partial charge in [0.1, 0.15) is 23.8 Å². The Kier molecular flexibility index (Phi) is 7.68. The van der Waals surface area contributed by atoms with Gasteiger partial charge in [-0.1, -0.05) is 97.1 Å². The zero-order chi connectivity index (χ0) is 33.8. The van der Waals surface area contributed by atoms with E-state index >= 15 is 9.59 Å². The number of amides is 3. The van der Waals surface area contributed by atoms with E-state index in [-0.39, 0.29) is 37.5 Å². The summed E-state index contributed by atoms with van der Waals surface area (Å²) in [6, 6.07) is 24.7. The van der Waals surface area contributed by atoms with Crippen LogP contribution in [-0.2, 0) is 32.2 Å². The fraction of sp³-hybridized carbons (Fsp3) is 0.342. The number of aliphatic hydroxyl groups excluding tert-OH is 1. The minimum absolute atomic E-state index is 0.0917. The Bertz CT molecular complexity index is 1960. The number of hydrogen-bond acceptors (Lipinski definition) is 7. The van der Waals surface area contributed by atoms with Crippen molar-refractivity contribution in [2.45, 2.75) is 49.7 Å². The van der Waals surface area contributed by atoms with Gasteiger partial charge >= 0.3 is 0 Å². The summed E-state index contributed by atoms with van der Waals surface area (Å²) in [6.45, 7) is 2.23. The lowest BCUT2D eigenvalue weighted by atomic mass is 9.73. The molecule has 2 saturated heterocycles. The summed E-state index contributed by atoms with van der Waals surface area (Å²) in [5.41, 5.74) is 0.526. The van der Waals surface area contributed by atoms with Gasteiger partial charge in [-0.05, 0) is 42.7 Å². The highest BCUT2D eigenvalue weighted by molar-refractivity contribution is 6.04. The summed E-state index contributed by atoms with van der Waals surface area (Å²) >= 11 is 0.